The summed E-state index contributed by atoms with van der Waals surface area (Å²) in [6, 6.07) is 17.4. The summed E-state index contributed by atoms with van der Waals surface area (Å²) in [7, 11) is 0. The molecule has 1 heterocycles. The lowest BCUT2D eigenvalue weighted by Crippen LogP contribution is -2.56. The number of rotatable bonds is 7. The molecular formula is C23H27NO3. The van der Waals surface area contributed by atoms with Gasteiger partial charge in [0.25, 0.3) is 0 Å². The molecular weight excluding hydrogens is 338 g/mol. The van der Waals surface area contributed by atoms with E-state index in [-0.39, 0.29) is 5.92 Å². The Labute approximate surface area is 160 Å². The van der Waals surface area contributed by atoms with E-state index in [4.69, 9.17) is 9.84 Å². The van der Waals surface area contributed by atoms with Crippen LogP contribution < -0.4 is 4.74 Å². The van der Waals surface area contributed by atoms with Crippen LogP contribution in [0.4, 0.5) is 0 Å². The number of ether oxygens (including phenoxy) is 1. The second-order valence-electron chi connectivity index (χ2n) is 7.72. The lowest BCUT2D eigenvalue weighted by molar-refractivity contribution is -0.148. The maximum absolute atomic E-state index is 11.0. The molecule has 0 bridgehead atoms. The summed E-state index contributed by atoms with van der Waals surface area (Å²) in [5.74, 6) is 0.199. The Kier molecular flexibility index (Phi) is 5.44. The molecule has 1 N–H and O–H groups in total. The summed E-state index contributed by atoms with van der Waals surface area (Å²) in [5, 5.41) is 9.08. The number of carboxylic acids is 1. The number of hydrogen-bond acceptors (Lipinski definition) is 3. The molecule has 4 heteroatoms. The second kappa shape index (κ2) is 8.13. The van der Waals surface area contributed by atoms with Gasteiger partial charge in [-0.3, -0.25) is 9.69 Å². The van der Waals surface area contributed by atoms with Crippen LogP contribution in [0.15, 0.2) is 48.5 Å². The van der Waals surface area contributed by atoms with E-state index in [9.17, 15) is 4.79 Å². The molecule has 0 aromatic heterocycles. The van der Waals surface area contributed by atoms with E-state index < -0.39 is 5.97 Å². The van der Waals surface area contributed by atoms with Crippen LogP contribution in [-0.4, -0.2) is 41.7 Å². The van der Waals surface area contributed by atoms with Crippen molar-refractivity contribution < 1.29 is 14.6 Å². The first kappa shape index (κ1) is 18.1. The molecule has 2 aromatic rings. The molecule has 4 nitrogen and oxygen atoms in total. The third kappa shape index (κ3) is 4.16. The van der Waals surface area contributed by atoms with Gasteiger partial charge in [0.2, 0.25) is 0 Å². The van der Waals surface area contributed by atoms with Crippen LogP contribution in [0.2, 0.25) is 0 Å². The summed E-state index contributed by atoms with van der Waals surface area (Å²) >= 11 is 0. The molecule has 4 rings (SSSR count). The van der Waals surface area contributed by atoms with Crippen molar-refractivity contribution >= 4 is 5.97 Å². The highest BCUT2D eigenvalue weighted by molar-refractivity contribution is 5.71. The van der Waals surface area contributed by atoms with E-state index in [0.717, 1.165) is 44.5 Å². The lowest BCUT2D eigenvalue weighted by Gasteiger charge is -2.44. The Morgan fingerprint density at radius 1 is 1.11 bits per heavy atom. The zero-order valence-electron chi connectivity index (χ0n) is 15.6. The molecule has 1 aliphatic heterocycles. The Hall–Kier alpha value is -2.33. The monoisotopic (exact) mass is 365 g/mol. The van der Waals surface area contributed by atoms with Gasteiger partial charge in [-0.15, -0.1) is 0 Å². The molecule has 0 radical (unpaired) electrons. The third-order valence-electron chi connectivity index (χ3n) is 5.90. The number of fused-ring (bicyclic) bond motifs is 1. The minimum Gasteiger partial charge on any atom is -0.493 e. The Morgan fingerprint density at radius 2 is 1.93 bits per heavy atom. The number of carbonyl (C=O) groups is 1. The van der Waals surface area contributed by atoms with Crippen LogP contribution >= 0.6 is 0 Å². The Morgan fingerprint density at radius 3 is 2.70 bits per heavy atom. The van der Waals surface area contributed by atoms with E-state index in [0.29, 0.717) is 19.1 Å². The number of likely N-dealkylation sites (tertiary alicyclic amines) is 1. The average Bonchev–Trinajstić information content (AvgIpc) is 2.64. The van der Waals surface area contributed by atoms with Gasteiger partial charge in [0, 0.05) is 19.1 Å². The summed E-state index contributed by atoms with van der Waals surface area (Å²) in [6.07, 6.45) is 5.16. The van der Waals surface area contributed by atoms with E-state index in [2.05, 4.69) is 47.4 Å². The average molecular weight is 365 g/mol. The van der Waals surface area contributed by atoms with E-state index >= 15 is 0 Å². The fraction of sp³-hybridized carbons (Fsp3) is 0.435. The molecule has 0 spiro atoms. The highest BCUT2D eigenvalue weighted by atomic mass is 16.5. The van der Waals surface area contributed by atoms with Crippen molar-refractivity contribution in [2.75, 3.05) is 19.7 Å². The predicted molar refractivity (Wildman–Crippen MR) is 105 cm³/mol. The van der Waals surface area contributed by atoms with Crippen molar-refractivity contribution in [3.63, 3.8) is 0 Å². The van der Waals surface area contributed by atoms with E-state index in [1.807, 2.05) is 6.07 Å². The molecule has 1 aliphatic carbocycles. The van der Waals surface area contributed by atoms with Crippen molar-refractivity contribution in [2.24, 2.45) is 5.92 Å². The highest BCUT2D eigenvalue weighted by Crippen LogP contribution is 2.33. The van der Waals surface area contributed by atoms with Gasteiger partial charge < -0.3 is 9.84 Å². The Bertz CT molecular complexity index is 783. The van der Waals surface area contributed by atoms with Gasteiger partial charge >= 0.3 is 5.97 Å². The number of nitrogens with zero attached hydrogens (tertiary/aromatic N) is 1. The van der Waals surface area contributed by atoms with Gasteiger partial charge in [0.15, 0.2) is 0 Å². The number of benzene rings is 2. The van der Waals surface area contributed by atoms with Crippen LogP contribution in [0, 0.1) is 5.92 Å². The second-order valence-corrected chi connectivity index (χ2v) is 7.72. The summed E-state index contributed by atoms with van der Waals surface area (Å²) in [5.41, 5.74) is 4.07. The molecule has 1 atom stereocenters. The normalized spacial score (nSPS) is 19.9. The van der Waals surface area contributed by atoms with Crippen LogP contribution in [-0.2, 0) is 24.1 Å². The predicted octanol–water partition coefficient (Wildman–Crippen LogP) is 3.57. The molecule has 2 aliphatic rings. The zero-order chi connectivity index (χ0) is 18.6. The topological polar surface area (TPSA) is 49.8 Å². The van der Waals surface area contributed by atoms with Crippen LogP contribution in [0.25, 0.3) is 0 Å². The maximum atomic E-state index is 11.0. The van der Waals surface area contributed by atoms with Crippen LogP contribution in [0.3, 0.4) is 0 Å². The lowest BCUT2D eigenvalue weighted by atomic mass is 9.84. The summed E-state index contributed by atoms with van der Waals surface area (Å²) in [4.78, 5) is 13.4. The standard InChI is InChI=1S/C23H27NO3/c25-23(26)19-15-24(16-19)20-11-12-21-18(14-20)9-4-10-22(21)27-13-5-8-17-6-2-1-3-7-17/h1-4,6-7,9-10,19-20H,5,8,11-16H2,(H,25,26). The van der Waals surface area contributed by atoms with Crippen molar-refractivity contribution in [3.05, 3.63) is 65.2 Å². The molecule has 0 amide bonds. The fourth-order valence-electron chi connectivity index (χ4n) is 4.27. The zero-order valence-corrected chi connectivity index (χ0v) is 15.6. The number of hydrogen-bond donors (Lipinski definition) is 1. The Balaban J connectivity index is 1.30. The van der Waals surface area contributed by atoms with Gasteiger partial charge in [-0.05, 0) is 54.9 Å². The smallest absolute Gasteiger partial charge is 0.309 e. The third-order valence-corrected chi connectivity index (χ3v) is 5.90. The van der Waals surface area contributed by atoms with Crippen molar-refractivity contribution in [1.82, 2.24) is 4.90 Å². The van der Waals surface area contributed by atoms with Gasteiger partial charge in [0.1, 0.15) is 5.75 Å². The van der Waals surface area contributed by atoms with E-state index in [1.165, 1.54) is 16.7 Å². The van der Waals surface area contributed by atoms with Gasteiger partial charge in [-0.25, -0.2) is 0 Å². The van der Waals surface area contributed by atoms with Crippen LogP contribution in [0.1, 0.15) is 29.5 Å². The molecule has 142 valence electrons. The molecule has 1 fully saturated rings. The van der Waals surface area contributed by atoms with E-state index in [1.54, 1.807) is 0 Å². The van der Waals surface area contributed by atoms with Gasteiger partial charge in [0.05, 0.1) is 12.5 Å². The fourth-order valence-corrected chi connectivity index (χ4v) is 4.27. The molecule has 27 heavy (non-hydrogen) atoms. The quantitative estimate of drug-likeness (QED) is 0.762. The maximum Gasteiger partial charge on any atom is 0.309 e. The molecule has 0 saturated carbocycles. The van der Waals surface area contributed by atoms with Gasteiger partial charge in [-0.1, -0.05) is 42.5 Å². The first-order valence-electron chi connectivity index (χ1n) is 9.95. The molecule has 1 saturated heterocycles. The van der Waals surface area contributed by atoms with Crippen molar-refractivity contribution in [2.45, 2.75) is 38.1 Å². The number of aliphatic carboxylic acids is 1. The van der Waals surface area contributed by atoms with Crippen molar-refractivity contribution in [1.29, 1.82) is 0 Å². The number of carboxylic acid groups (broad SMARTS) is 1. The highest BCUT2D eigenvalue weighted by Gasteiger charge is 2.38. The first-order valence-corrected chi connectivity index (χ1v) is 9.95. The largest absolute Gasteiger partial charge is 0.493 e. The first-order chi connectivity index (χ1) is 13.2. The SMILES string of the molecule is O=C(O)C1CN(C2CCc3c(cccc3OCCCc3ccccc3)C2)C1. The van der Waals surface area contributed by atoms with Crippen LogP contribution in [0.5, 0.6) is 5.75 Å². The minimum absolute atomic E-state index is 0.175. The van der Waals surface area contributed by atoms with Crippen molar-refractivity contribution in [3.8, 4) is 5.75 Å². The number of aryl methyl sites for hydroxylation is 1. The molecule has 1 unspecified atom stereocenters. The molecule has 2 aromatic carbocycles. The summed E-state index contributed by atoms with van der Waals surface area (Å²) < 4.78 is 6.12. The minimum atomic E-state index is -0.659. The van der Waals surface area contributed by atoms with Gasteiger partial charge in [-0.2, -0.15) is 0 Å². The summed E-state index contributed by atoms with van der Waals surface area (Å²) in [6.45, 7) is 2.14.